The van der Waals surface area contributed by atoms with Crippen LogP contribution in [0.25, 0.3) is 10.6 Å². The van der Waals surface area contributed by atoms with Gasteiger partial charge in [0, 0.05) is 22.7 Å². The third kappa shape index (κ3) is 2.93. The first-order chi connectivity index (χ1) is 8.79. The number of thiazole rings is 1. The van der Waals surface area contributed by atoms with Crippen LogP contribution in [0.3, 0.4) is 0 Å². The van der Waals surface area contributed by atoms with Crippen molar-refractivity contribution in [2.24, 2.45) is 5.73 Å². The molecule has 0 aliphatic heterocycles. The van der Waals surface area contributed by atoms with E-state index >= 15 is 0 Å². The van der Waals surface area contributed by atoms with Crippen LogP contribution >= 0.6 is 11.3 Å². The Hall–Kier alpha value is -1.47. The minimum Gasteiger partial charge on any atom is -0.323 e. The fourth-order valence-corrected chi connectivity index (χ4v) is 2.47. The number of aromatic nitrogens is 1. The van der Waals surface area contributed by atoms with Crippen molar-refractivity contribution >= 4 is 11.3 Å². The molecule has 2 aromatic rings. The highest BCUT2D eigenvalue weighted by atomic mass is 32.1. The van der Waals surface area contributed by atoms with Gasteiger partial charge in [-0.05, 0) is 25.1 Å². The Labute approximate surface area is 110 Å². The van der Waals surface area contributed by atoms with Crippen LogP contribution in [0.4, 0.5) is 17.6 Å². The van der Waals surface area contributed by atoms with E-state index in [9.17, 15) is 17.6 Å². The van der Waals surface area contributed by atoms with Gasteiger partial charge in [-0.2, -0.15) is 13.2 Å². The van der Waals surface area contributed by atoms with Crippen LogP contribution in [0.5, 0.6) is 0 Å². The number of halogens is 4. The number of alkyl halides is 3. The molecule has 0 saturated heterocycles. The van der Waals surface area contributed by atoms with Gasteiger partial charge in [0.1, 0.15) is 10.8 Å². The molecule has 1 atom stereocenters. The Kier molecular flexibility index (Phi) is 3.60. The SMILES string of the molecule is CC(N)c1cnc(-c2ccc(F)cc2C(F)(F)F)s1. The normalized spacial score (nSPS) is 13.6. The maximum absolute atomic E-state index is 13.0. The Morgan fingerprint density at radius 2 is 2.00 bits per heavy atom. The van der Waals surface area contributed by atoms with Gasteiger partial charge < -0.3 is 5.73 Å². The van der Waals surface area contributed by atoms with Crippen LogP contribution in [0.2, 0.25) is 0 Å². The highest BCUT2D eigenvalue weighted by Gasteiger charge is 2.34. The summed E-state index contributed by atoms with van der Waals surface area (Å²) in [4.78, 5) is 4.60. The monoisotopic (exact) mass is 290 g/mol. The van der Waals surface area contributed by atoms with Gasteiger partial charge in [-0.15, -0.1) is 11.3 Å². The van der Waals surface area contributed by atoms with Crippen LogP contribution in [0.1, 0.15) is 23.4 Å². The maximum atomic E-state index is 13.0. The van der Waals surface area contributed by atoms with Crippen molar-refractivity contribution in [1.82, 2.24) is 4.98 Å². The lowest BCUT2D eigenvalue weighted by atomic mass is 10.1. The van der Waals surface area contributed by atoms with Crippen molar-refractivity contribution < 1.29 is 17.6 Å². The molecule has 0 amide bonds. The summed E-state index contributed by atoms with van der Waals surface area (Å²) in [6.07, 6.45) is -3.19. The maximum Gasteiger partial charge on any atom is 0.417 e. The molecule has 1 aromatic heterocycles. The molecule has 2 N–H and O–H groups in total. The Balaban J connectivity index is 2.55. The minimum atomic E-state index is -4.63. The first-order valence-electron chi connectivity index (χ1n) is 5.37. The van der Waals surface area contributed by atoms with Crippen molar-refractivity contribution in [3.63, 3.8) is 0 Å². The second-order valence-electron chi connectivity index (χ2n) is 4.04. The summed E-state index contributed by atoms with van der Waals surface area (Å²) in [5, 5.41) is 0.180. The van der Waals surface area contributed by atoms with Crippen molar-refractivity contribution in [2.75, 3.05) is 0 Å². The van der Waals surface area contributed by atoms with E-state index in [-0.39, 0.29) is 16.6 Å². The third-order valence-electron chi connectivity index (χ3n) is 2.49. The second kappa shape index (κ2) is 4.90. The molecule has 7 heteroatoms. The molecule has 0 aliphatic carbocycles. The molecule has 2 rings (SSSR count). The van der Waals surface area contributed by atoms with Gasteiger partial charge >= 0.3 is 6.18 Å². The zero-order chi connectivity index (χ0) is 14.2. The average molecular weight is 290 g/mol. The summed E-state index contributed by atoms with van der Waals surface area (Å²) < 4.78 is 51.6. The quantitative estimate of drug-likeness (QED) is 0.849. The standard InChI is InChI=1S/C12H10F4N2S/c1-6(17)10-5-18-11(19-10)8-3-2-7(13)4-9(8)12(14,15)16/h2-6H,17H2,1H3. The van der Waals surface area contributed by atoms with Crippen LogP contribution < -0.4 is 5.73 Å². The lowest BCUT2D eigenvalue weighted by Gasteiger charge is -2.11. The lowest BCUT2D eigenvalue weighted by Crippen LogP contribution is -2.07. The van der Waals surface area contributed by atoms with Gasteiger partial charge in [0.05, 0.1) is 5.56 Å². The van der Waals surface area contributed by atoms with E-state index < -0.39 is 17.6 Å². The molecular formula is C12H10F4N2S. The van der Waals surface area contributed by atoms with Gasteiger partial charge in [0.15, 0.2) is 0 Å². The summed E-state index contributed by atoms with van der Waals surface area (Å²) in [5.41, 5.74) is 4.48. The van der Waals surface area contributed by atoms with E-state index in [1.54, 1.807) is 6.92 Å². The van der Waals surface area contributed by atoms with E-state index in [1.165, 1.54) is 6.20 Å². The fourth-order valence-electron chi connectivity index (χ4n) is 1.56. The van der Waals surface area contributed by atoms with Crippen LogP contribution in [0, 0.1) is 5.82 Å². The van der Waals surface area contributed by atoms with Crippen molar-refractivity contribution in [1.29, 1.82) is 0 Å². The average Bonchev–Trinajstić information content (AvgIpc) is 2.77. The summed E-state index contributed by atoms with van der Waals surface area (Å²) in [7, 11) is 0. The highest BCUT2D eigenvalue weighted by molar-refractivity contribution is 7.15. The van der Waals surface area contributed by atoms with Crippen LogP contribution in [-0.2, 0) is 6.18 Å². The molecule has 19 heavy (non-hydrogen) atoms. The molecular weight excluding hydrogens is 280 g/mol. The van der Waals surface area contributed by atoms with Crippen LogP contribution in [-0.4, -0.2) is 4.98 Å². The van der Waals surface area contributed by atoms with Gasteiger partial charge in [0.2, 0.25) is 0 Å². The van der Waals surface area contributed by atoms with Gasteiger partial charge in [-0.25, -0.2) is 9.37 Å². The predicted octanol–water partition coefficient (Wildman–Crippen LogP) is 3.99. The Morgan fingerprint density at radius 1 is 1.32 bits per heavy atom. The van der Waals surface area contributed by atoms with E-state index in [1.807, 2.05) is 0 Å². The van der Waals surface area contributed by atoms with Crippen molar-refractivity contribution in [2.45, 2.75) is 19.1 Å². The molecule has 1 aromatic carbocycles. The first-order valence-corrected chi connectivity index (χ1v) is 6.19. The van der Waals surface area contributed by atoms with E-state index in [0.29, 0.717) is 10.9 Å². The first kappa shape index (κ1) is 14.0. The molecule has 0 bridgehead atoms. The van der Waals surface area contributed by atoms with Crippen molar-refractivity contribution in [3.8, 4) is 10.6 Å². The summed E-state index contributed by atoms with van der Waals surface area (Å²) in [6.45, 7) is 1.71. The molecule has 0 fully saturated rings. The number of hydrogen-bond acceptors (Lipinski definition) is 3. The number of hydrogen-bond donors (Lipinski definition) is 1. The minimum absolute atomic E-state index is 0.134. The second-order valence-corrected chi connectivity index (χ2v) is 5.11. The van der Waals surface area contributed by atoms with E-state index in [4.69, 9.17) is 5.73 Å². The molecule has 2 nitrogen and oxygen atoms in total. The largest absolute Gasteiger partial charge is 0.417 e. The highest BCUT2D eigenvalue weighted by Crippen LogP contribution is 2.39. The number of nitrogens with two attached hydrogens (primary N) is 1. The summed E-state index contributed by atoms with van der Waals surface area (Å²) in [6, 6.07) is 2.24. The van der Waals surface area contributed by atoms with E-state index in [2.05, 4.69) is 4.98 Å². The summed E-state index contributed by atoms with van der Waals surface area (Å²) in [5.74, 6) is -0.931. The number of nitrogens with zero attached hydrogens (tertiary/aromatic N) is 1. The lowest BCUT2D eigenvalue weighted by molar-refractivity contribution is -0.137. The number of rotatable bonds is 2. The van der Waals surface area contributed by atoms with E-state index in [0.717, 1.165) is 23.5 Å². The van der Waals surface area contributed by atoms with Gasteiger partial charge in [-0.3, -0.25) is 0 Å². The molecule has 0 radical (unpaired) electrons. The van der Waals surface area contributed by atoms with Crippen LogP contribution in [0.15, 0.2) is 24.4 Å². The Morgan fingerprint density at radius 3 is 2.53 bits per heavy atom. The molecule has 1 unspecified atom stereocenters. The Bertz CT molecular complexity index is 590. The smallest absolute Gasteiger partial charge is 0.323 e. The predicted molar refractivity (Wildman–Crippen MR) is 65.1 cm³/mol. The summed E-state index contributed by atoms with van der Waals surface area (Å²) >= 11 is 1.07. The zero-order valence-corrected chi connectivity index (χ0v) is 10.6. The topological polar surface area (TPSA) is 38.9 Å². The fraction of sp³-hybridized carbons (Fsp3) is 0.250. The zero-order valence-electron chi connectivity index (χ0n) is 9.83. The molecule has 0 spiro atoms. The molecule has 0 saturated carbocycles. The third-order valence-corrected chi connectivity index (χ3v) is 3.72. The molecule has 102 valence electrons. The van der Waals surface area contributed by atoms with Gasteiger partial charge in [-0.1, -0.05) is 0 Å². The van der Waals surface area contributed by atoms with Gasteiger partial charge in [0.25, 0.3) is 0 Å². The molecule has 0 aliphatic rings. The van der Waals surface area contributed by atoms with Crippen molar-refractivity contribution in [3.05, 3.63) is 40.7 Å². The molecule has 1 heterocycles. The number of benzene rings is 1.